The van der Waals surface area contributed by atoms with E-state index in [4.69, 9.17) is 9.29 Å². The molecule has 0 bridgehead atoms. The lowest BCUT2D eigenvalue weighted by molar-refractivity contribution is 0.271. The van der Waals surface area contributed by atoms with Gasteiger partial charge in [-0.05, 0) is 18.2 Å². The van der Waals surface area contributed by atoms with Gasteiger partial charge < -0.3 is 4.74 Å². The Labute approximate surface area is 122 Å². The molecule has 9 nitrogen and oxygen atoms in total. The molecule has 0 amide bonds. The monoisotopic (exact) mass is 341 g/mol. The maximum atomic E-state index is 12.1. The number of ether oxygens (including phenoxy) is 1. The van der Waals surface area contributed by atoms with Gasteiger partial charge in [0, 0.05) is 0 Å². The summed E-state index contributed by atoms with van der Waals surface area (Å²) in [6.45, 7) is -0.716. The smallest absolute Gasteiger partial charge is 0.397 e. The van der Waals surface area contributed by atoms with Crippen molar-refractivity contribution in [1.29, 1.82) is 0 Å². The molecule has 0 atom stereocenters. The summed E-state index contributed by atoms with van der Waals surface area (Å²) < 4.78 is 62.5. The molecular weight excluding hydrogens is 326 g/mol. The van der Waals surface area contributed by atoms with Crippen molar-refractivity contribution < 1.29 is 35.1 Å². The molecule has 11 heteroatoms. The first kappa shape index (κ1) is 17.7. The van der Waals surface area contributed by atoms with Crippen LogP contribution in [0.15, 0.2) is 23.1 Å². The fourth-order valence-electron chi connectivity index (χ4n) is 1.46. The Kier molecular flexibility index (Phi) is 5.92. The van der Waals surface area contributed by atoms with Crippen LogP contribution in [0.2, 0.25) is 0 Å². The predicted octanol–water partition coefficient (Wildman–Crippen LogP) is 0.262. The summed E-state index contributed by atoms with van der Waals surface area (Å²) in [5, 5.41) is 0. The zero-order valence-electron chi connectivity index (χ0n) is 11.3. The van der Waals surface area contributed by atoms with Crippen molar-refractivity contribution in [3.8, 4) is 5.75 Å². The van der Waals surface area contributed by atoms with Gasteiger partial charge in [-0.1, -0.05) is 0 Å². The van der Waals surface area contributed by atoms with Crippen molar-refractivity contribution in [1.82, 2.24) is 0 Å². The largest absolute Gasteiger partial charge is 0.495 e. The second-order valence-corrected chi connectivity index (χ2v) is 6.91. The number of nitrogens with one attached hydrogen (secondary N) is 1. The van der Waals surface area contributed by atoms with Crippen LogP contribution in [0, 0.1) is 0 Å². The van der Waals surface area contributed by atoms with E-state index in [0.717, 1.165) is 0 Å². The molecule has 0 saturated carbocycles. The Hall–Kier alpha value is -1.40. The SMILES string of the molecule is CONc1ccc(OC)c(S(=O)(=O)CCOS(=O)(=O)O)c1. The van der Waals surface area contributed by atoms with Gasteiger partial charge >= 0.3 is 10.4 Å². The average Bonchev–Trinajstić information content (AvgIpc) is 2.37. The number of methoxy groups -OCH3 is 1. The fraction of sp³-hybridized carbons (Fsp3) is 0.400. The lowest BCUT2D eigenvalue weighted by atomic mass is 10.3. The third kappa shape index (κ3) is 5.47. The van der Waals surface area contributed by atoms with E-state index in [1.165, 1.54) is 32.4 Å². The molecule has 0 aliphatic carbocycles. The molecule has 120 valence electrons. The Morgan fingerprint density at radius 1 is 1.19 bits per heavy atom. The summed E-state index contributed by atoms with van der Waals surface area (Å²) in [7, 11) is -5.92. The quantitative estimate of drug-likeness (QED) is 0.505. The van der Waals surface area contributed by atoms with Gasteiger partial charge in [0.15, 0.2) is 9.84 Å². The maximum Gasteiger partial charge on any atom is 0.397 e. The van der Waals surface area contributed by atoms with E-state index in [0.29, 0.717) is 5.69 Å². The van der Waals surface area contributed by atoms with E-state index in [1.807, 2.05) is 0 Å². The third-order valence-electron chi connectivity index (χ3n) is 2.30. The highest BCUT2D eigenvalue weighted by atomic mass is 32.3. The predicted molar refractivity (Wildman–Crippen MR) is 73.2 cm³/mol. The second-order valence-electron chi connectivity index (χ2n) is 3.74. The Morgan fingerprint density at radius 2 is 1.86 bits per heavy atom. The van der Waals surface area contributed by atoms with E-state index in [9.17, 15) is 16.8 Å². The van der Waals surface area contributed by atoms with Gasteiger partial charge in [-0.15, -0.1) is 0 Å². The van der Waals surface area contributed by atoms with Crippen LogP contribution in [-0.2, 0) is 29.3 Å². The number of anilines is 1. The van der Waals surface area contributed by atoms with Gasteiger partial charge in [-0.25, -0.2) is 12.6 Å². The van der Waals surface area contributed by atoms with Crippen molar-refractivity contribution in [3.05, 3.63) is 18.2 Å². The summed E-state index contributed by atoms with van der Waals surface area (Å²) in [5.41, 5.74) is 2.83. The zero-order valence-corrected chi connectivity index (χ0v) is 12.9. The van der Waals surface area contributed by atoms with Gasteiger partial charge in [0.05, 0.1) is 32.3 Å². The van der Waals surface area contributed by atoms with Crippen molar-refractivity contribution in [2.24, 2.45) is 0 Å². The van der Waals surface area contributed by atoms with Crippen LogP contribution in [0.25, 0.3) is 0 Å². The minimum Gasteiger partial charge on any atom is -0.495 e. The molecule has 0 aromatic heterocycles. The van der Waals surface area contributed by atoms with E-state index in [-0.39, 0.29) is 10.6 Å². The Bertz CT molecular complexity index is 683. The summed E-state index contributed by atoms with van der Waals surface area (Å²) >= 11 is 0. The second kappa shape index (κ2) is 7.04. The van der Waals surface area contributed by atoms with Crippen LogP contribution in [0.1, 0.15) is 0 Å². The van der Waals surface area contributed by atoms with Gasteiger partial charge in [-0.3, -0.25) is 14.9 Å². The molecule has 1 aromatic rings. The lowest BCUT2D eigenvalue weighted by Crippen LogP contribution is -2.16. The highest BCUT2D eigenvalue weighted by molar-refractivity contribution is 7.91. The number of benzene rings is 1. The molecule has 1 rings (SSSR count). The molecule has 0 fully saturated rings. The molecule has 0 heterocycles. The molecule has 1 aromatic carbocycles. The van der Waals surface area contributed by atoms with Crippen molar-refractivity contribution in [2.45, 2.75) is 4.90 Å². The summed E-state index contributed by atoms with van der Waals surface area (Å²) in [4.78, 5) is 4.51. The first-order valence-electron chi connectivity index (χ1n) is 5.51. The molecule has 0 radical (unpaired) electrons. The highest BCUT2D eigenvalue weighted by Crippen LogP contribution is 2.28. The van der Waals surface area contributed by atoms with Crippen molar-refractivity contribution in [2.75, 3.05) is 32.1 Å². The van der Waals surface area contributed by atoms with Crippen LogP contribution in [0.3, 0.4) is 0 Å². The first-order valence-corrected chi connectivity index (χ1v) is 8.53. The lowest BCUT2D eigenvalue weighted by Gasteiger charge is -2.11. The molecule has 0 aliphatic heterocycles. The Morgan fingerprint density at radius 3 is 2.38 bits per heavy atom. The van der Waals surface area contributed by atoms with Crippen LogP contribution >= 0.6 is 0 Å². The van der Waals surface area contributed by atoms with Crippen LogP contribution in [0.4, 0.5) is 5.69 Å². The van der Waals surface area contributed by atoms with E-state index in [1.54, 1.807) is 0 Å². The van der Waals surface area contributed by atoms with E-state index >= 15 is 0 Å². The Balaban J connectivity index is 3.02. The first-order chi connectivity index (χ1) is 9.69. The minimum absolute atomic E-state index is 0.0866. The van der Waals surface area contributed by atoms with Gasteiger partial charge in [-0.2, -0.15) is 8.42 Å². The van der Waals surface area contributed by atoms with Crippen LogP contribution < -0.4 is 10.2 Å². The summed E-state index contributed by atoms with van der Waals surface area (Å²) in [6.07, 6.45) is 0. The third-order valence-corrected chi connectivity index (χ3v) is 4.46. The highest BCUT2D eigenvalue weighted by Gasteiger charge is 2.21. The molecule has 0 aliphatic rings. The van der Waals surface area contributed by atoms with E-state index in [2.05, 4.69) is 14.5 Å². The zero-order chi connectivity index (χ0) is 16.1. The number of hydrogen-bond donors (Lipinski definition) is 2. The van der Waals surface area contributed by atoms with Gasteiger partial charge in [0.1, 0.15) is 10.6 Å². The van der Waals surface area contributed by atoms with Gasteiger partial charge in [0.2, 0.25) is 0 Å². The standard InChI is InChI=1S/C10H15NO8S2/c1-17-9-4-3-8(11-18-2)7-10(9)20(12,13)6-5-19-21(14,15)16/h3-4,7,11H,5-6H2,1-2H3,(H,14,15,16). The normalized spacial score (nSPS) is 12.1. The minimum atomic E-state index is -4.69. The summed E-state index contributed by atoms with van der Waals surface area (Å²) in [5.74, 6) is -0.567. The number of rotatable bonds is 8. The van der Waals surface area contributed by atoms with Crippen LogP contribution in [-0.4, -0.2) is 48.0 Å². The van der Waals surface area contributed by atoms with E-state index < -0.39 is 32.6 Å². The maximum absolute atomic E-state index is 12.1. The fourth-order valence-corrected chi connectivity index (χ4v) is 3.15. The molecule has 2 N–H and O–H groups in total. The average molecular weight is 341 g/mol. The topological polar surface area (TPSA) is 128 Å². The molecule has 0 spiro atoms. The molecular formula is C10H15NO8S2. The van der Waals surface area contributed by atoms with Crippen molar-refractivity contribution >= 4 is 25.9 Å². The van der Waals surface area contributed by atoms with Crippen LogP contribution in [0.5, 0.6) is 5.75 Å². The number of sulfone groups is 1. The molecule has 0 saturated heterocycles. The van der Waals surface area contributed by atoms with Gasteiger partial charge in [0.25, 0.3) is 0 Å². The molecule has 0 unspecified atom stereocenters. The summed E-state index contributed by atoms with van der Waals surface area (Å²) in [6, 6.07) is 4.22. The van der Waals surface area contributed by atoms with Crippen molar-refractivity contribution in [3.63, 3.8) is 0 Å². The molecule has 21 heavy (non-hydrogen) atoms. The number of hydrogen-bond acceptors (Lipinski definition) is 8.